The van der Waals surface area contributed by atoms with Crippen molar-refractivity contribution in [3.63, 3.8) is 0 Å². The van der Waals surface area contributed by atoms with Crippen LogP contribution in [0.3, 0.4) is 0 Å². The molecule has 0 saturated carbocycles. The maximum Gasteiger partial charge on any atom is 0.417 e. The molecule has 0 aliphatic heterocycles. The van der Waals surface area contributed by atoms with Crippen molar-refractivity contribution in [1.82, 2.24) is 0 Å². The van der Waals surface area contributed by atoms with Crippen LogP contribution in [0.4, 0.5) is 18.9 Å². The molecule has 0 unspecified atom stereocenters. The minimum absolute atomic E-state index is 0.0679. The van der Waals surface area contributed by atoms with Crippen LogP contribution in [0, 0.1) is 6.92 Å². The van der Waals surface area contributed by atoms with Crippen molar-refractivity contribution in [2.24, 2.45) is 0 Å². The number of nitrogens with one attached hydrogen (secondary N) is 1. The van der Waals surface area contributed by atoms with E-state index in [0.29, 0.717) is 6.07 Å². The highest BCUT2D eigenvalue weighted by molar-refractivity contribution is 6.31. The van der Waals surface area contributed by atoms with E-state index < -0.39 is 34.7 Å². The number of hydrogen-bond donors (Lipinski definition) is 3. The van der Waals surface area contributed by atoms with Gasteiger partial charge in [0.25, 0.3) is 0 Å². The van der Waals surface area contributed by atoms with Crippen molar-refractivity contribution in [3.05, 3.63) is 62.5 Å². The number of fused-ring (bicyclic) bond motifs is 1. The molecule has 0 spiro atoms. The number of halogens is 4. The number of amides is 1. The summed E-state index contributed by atoms with van der Waals surface area (Å²) in [5.41, 5.74) is -2.04. The summed E-state index contributed by atoms with van der Waals surface area (Å²) >= 11 is 5.54. The van der Waals surface area contributed by atoms with E-state index in [0.717, 1.165) is 18.2 Å². The van der Waals surface area contributed by atoms with Gasteiger partial charge in [-0.05, 0) is 30.7 Å². The van der Waals surface area contributed by atoms with Crippen molar-refractivity contribution in [1.29, 1.82) is 0 Å². The minimum Gasteiger partial charge on any atom is -0.508 e. The van der Waals surface area contributed by atoms with Crippen molar-refractivity contribution in [2.75, 3.05) is 5.32 Å². The third-order valence-electron chi connectivity index (χ3n) is 4.24. The second-order valence-electron chi connectivity index (χ2n) is 6.25. The van der Waals surface area contributed by atoms with Gasteiger partial charge in [0.1, 0.15) is 17.1 Å². The Morgan fingerprint density at radius 2 is 1.90 bits per heavy atom. The number of carbonyl (C=O) groups excluding carboxylic acids is 1. The Labute approximate surface area is 166 Å². The quantitative estimate of drug-likeness (QED) is 0.539. The number of rotatable bonds is 3. The van der Waals surface area contributed by atoms with E-state index in [9.17, 15) is 33.0 Å². The van der Waals surface area contributed by atoms with Gasteiger partial charge in [-0.15, -0.1) is 0 Å². The van der Waals surface area contributed by atoms with E-state index in [1.165, 1.54) is 13.0 Å². The molecule has 2 aromatic carbocycles. The zero-order valence-electron chi connectivity index (χ0n) is 14.7. The molecule has 1 heterocycles. The molecule has 1 aromatic heterocycles. The van der Waals surface area contributed by atoms with Gasteiger partial charge in [-0.2, -0.15) is 13.2 Å². The van der Waals surface area contributed by atoms with Gasteiger partial charge >= 0.3 is 11.8 Å². The molecular weight excluding hydrogens is 415 g/mol. The van der Waals surface area contributed by atoms with Gasteiger partial charge in [0.15, 0.2) is 0 Å². The second-order valence-corrected chi connectivity index (χ2v) is 6.66. The molecular formula is C19H13ClF3NO5. The summed E-state index contributed by atoms with van der Waals surface area (Å²) in [4.78, 5) is 24.5. The molecule has 3 N–H and O–H groups in total. The van der Waals surface area contributed by atoms with Crippen LogP contribution < -0.4 is 10.9 Å². The van der Waals surface area contributed by atoms with E-state index in [1.807, 2.05) is 0 Å². The third kappa shape index (κ3) is 4.14. The van der Waals surface area contributed by atoms with Crippen molar-refractivity contribution < 1.29 is 32.6 Å². The maximum atomic E-state index is 12.9. The van der Waals surface area contributed by atoms with E-state index in [2.05, 4.69) is 5.32 Å². The first-order valence-electron chi connectivity index (χ1n) is 8.12. The fourth-order valence-electron chi connectivity index (χ4n) is 2.90. The van der Waals surface area contributed by atoms with E-state index in [1.54, 1.807) is 0 Å². The van der Waals surface area contributed by atoms with Crippen LogP contribution in [0.1, 0.15) is 16.7 Å². The lowest BCUT2D eigenvalue weighted by atomic mass is 10.0. The molecule has 0 radical (unpaired) electrons. The molecule has 152 valence electrons. The Bertz CT molecular complexity index is 1190. The molecule has 0 fully saturated rings. The molecule has 3 rings (SSSR count). The highest BCUT2D eigenvalue weighted by Gasteiger charge is 2.33. The number of hydrogen-bond acceptors (Lipinski definition) is 5. The highest BCUT2D eigenvalue weighted by Crippen LogP contribution is 2.36. The SMILES string of the molecule is Cc1c(CC(=O)Nc2ccc(Cl)c(C(F)(F)F)c2)c(=O)oc2cc(O)cc(O)c12. The summed E-state index contributed by atoms with van der Waals surface area (Å²) in [7, 11) is 0. The molecule has 0 atom stereocenters. The third-order valence-corrected chi connectivity index (χ3v) is 4.57. The zero-order valence-corrected chi connectivity index (χ0v) is 15.5. The average Bonchev–Trinajstić information content (AvgIpc) is 2.58. The monoisotopic (exact) mass is 427 g/mol. The highest BCUT2D eigenvalue weighted by atomic mass is 35.5. The number of benzene rings is 2. The molecule has 0 bridgehead atoms. The molecule has 0 aliphatic carbocycles. The van der Waals surface area contributed by atoms with E-state index in [-0.39, 0.29) is 39.3 Å². The lowest BCUT2D eigenvalue weighted by Gasteiger charge is -2.12. The van der Waals surface area contributed by atoms with Crippen LogP contribution >= 0.6 is 11.6 Å². The van der Waals surface area contributed by atoms with Gasteiger partial charge in [-0.3, -0.25) is 4.79 Å². The maximum absolute atomic E-state index is 12.9. The lowest BCUT2D eigenvalue weighted by Crippen LogP contribution is -2.21. The standard InChI is InChI=1S/C19H13ClF3NO5/c1-8-11(18(28)29-15-6-10(25)5-14(26)17(8)15)7-16(27)24-9-2-3-13(20)12(4-9)19(21,22)23/h2-6,25-26H,7H2,1H3,(H,24,27). The predicted octanol–water partition coefficient (Wildman–Crippen LogP) is 4.37. The fourth-order valence-corrected chi connectivity index (χ4v) is 3.12. The number of alkyl halides is 3. The smallest absolute Gasteiger partial charge is 0.417 e. The van der Waals surface area contributed by atoms with Gasteiger partial charge in [0, 0.05) is 17.8 Å². The Morgan fingerprint density at radius 1 is 1.21 bits per heavy atom. The number of aryl methyl sites for hydroxylation is 1. The van der Waals surface area contributed by atoms with E-state index >= 15 is 0 Å². The minimum atomic E-state index is -4.70. The predicted molar refractivity (Wildman–Crippen MR) is 99.3 cm³/mol. The summed E-state index contributed by atoms with van der Waals surface area (Å²) in [5, 5.41) is 21.4. The van der Waals surface area contributed by atoms with Crippen LogP contribution in [0.2, 0.25) is 5.02 Å². The summed E-state index contributed by atoms with van der Waals surface area (Å²) in [6, 6.07) is 5.07. The molecule has 0 aliphatic rings. The summed E-state index contributed by atoms with van der Waals surface area (Å²) in [6.45, 7) is 1.47. The Kier molecular flexibility index (Phi) is 5.18. The van der Waals surface area contributed by atoms with Crippen molar-refractivity contribution in [2.45, 2.75) is 19.5 Å². The van der Waals surface area contributed by atoms with Gasteiger partial charge in [-0.25, -0.2) is 4.79 Å². The first kappa shape index (κ1) is 20.5. The number of carbonyl (C=O) groups is 1. The van der Waals surface area contributed by atoms with Crippen LogP contribution in [0.15, 0.2) is 39.5 Å². The van der Waals surface area contributed by atoms with Crippen molar-refractivity contribution in [3.8, 4) is 11.5 Å². The molecule has 10 heteroatoms. The van der Waals surface area contributed by atoms with Crippen molar-refractivity contribution >= 4 is 34.2 Å². The number of aromatic hydroxyl groups is 2. The fraction of sp³-hybridized carbons (Fsp3) is 0.158. The normalized spacial score (nSPS) is 11.6. The van der Waals surface area contributed by atoms with Gasteiger partial charge < -0.3 is 19.9 Å². The molecule has 0 saturated heterocycles. The largest absolute Gasteiger partial charge is 0.508 e. The number of anilines is 1. The first-order chi connectivity index (χ1) is 13.5. The Morgan fingerprint density at radius 3 is 2.55 bits per heavy atom. The van der Waals surface area contributed by atoms with Crippen LogP contribution in [0.5, 0.6) is 11.5 Å². The summed E-state index contributed by atoms with van der Waals surface area (Å²) in [5.74, 6) is -1.44. The Hall–Kier alpha value is -3.20. The summed E-state index contributed by atoms with van der Waals surface area (Å²) in [6.07, 6.45) is -5.20. The molecule has 1 amide bonds. The van der Waals surface area contributed by atoms with Gasteiger partial charge in [-0.1, -0.05) is 11.6 Å². The zero-order chi connectivity index (χ0) is 21.5. The average molecular weight is 428 g/mol. The van der Waals surface area contributed by atoms with Gasteiger partial charge in [0.2, 0.25) is 5.91 Å². The Balaban J connectivity index is 1.92. The van der Waals surface area contributed by atoms with Crippen LogP contribution in [-0.4, -0.2) is 16.1 Å². The second kappa shape index (κ2) is 7.32. The van der Waals surface area contributed by atoms with Gasteiger partial charge in [0.05, 0.1) is 28.0 Å². The molecule has 6 nitrogen and oxygen atoms in total. The number of phenols is 2. The lowest BCUT2D eigenvalue weighted by molar-refractivity contribution is -0.137. The molecule has 29 heavy (non-hydrogen) atoms. The van der Waals surface area contributed by atoms with E-state index in [4.69, 9.17) is 16.0 Å². The van der Waals surface area contributed by atoms with Crippen LogP contribution in [0.25, 0.3) is 11.0 Å². The first-order valence-corrected chi connectivity index (χ1v) is 8.50. The summed E-state index contributed by atoms with van der Waals surface area (Å²) < 4.78 is 43.9. The topological polar surface area (TPSA) is 99.8 Å². The number of phenolic OH excluding ortho intramolecular Hbond substituents is 2. The molecule has 3 aromatic rings. The van der Waals surface area contributed by atoms with Crippen LogP contribution in [-0.2, 0) is 17.4 Å².